The highest BCUT2D eigenvalue weighted by molar-refractivity contribution is 5.89. The first-order chi connectivity index (χ1) is 7.25. The molecule has 0 aromatic carbocycles. The lowest BCUT2D eigenvalue weighted by atomic mass is 10.1. The van der Waals surface area contributed by atoms with Crippen LogP contribution in [0.1, 0.15) is 12.1 Å². The third-order valence-corrected chi connectivity index (χ3v) is 2.36. The van der Waals surface area contributed by atoms with Gasteiger partial charge in [-0.3, -0.25) is 9.59 Å². The van der Waals surface area contributed by atoms with Gasteiger partial charge in [0.15, 0.2) is 0 Å². The first-order valence-electron chi connectivity index (χ1n) is 4.77. The standard InChI is InChI=1S/C9H12N4O2/c14-8-1-6(2-11-8)9(15)12-4-7-3-10-5-13-7/h3,5-6H,1-2,4H2,(H,10,13)(H,11,14)(H,12,15). The van der Waals surface area contributed by atoms with Gasteiger partial charge in [0.1, 0.15) is 0 Å². The van der Waals surface area contributed by atoms with E-state index in [0.29, 0.717) is 13.1 Å². The summed E-state index contributed by atoms with van der Waals surface area (Å²) in [5.41, 5.74) is 0.848. The van der Waals surface area contributed by atoms with Crippen molar-refractivity contribution in [2.75, 3.05) is 6.54 Å². The van der Waals surface area contributed by atoms with E-state index in [4.69, 9.17) is 0 Å². The molecule has 1 saturated heterocycles. The van der Waals surface area contributed by atoms with E-state index >= 15 is 0 Å². The highest BCUT2D eigenvalue weighted by Crippen LogP contribution is 2.08. The lowest BCUT2D eigenvalue weighted by molar-refractivity contribution is -0.126. The van der Waals surface area contributed by atoms with Gasteiger partial charge >= 0.3 is 0 Å². The van der Waals surface area contributed by atoms with Crippen molar-refractivity contribution in [2.45, 2.75) is 13.0 Å². The SMILES string of the molecule is O=C1CC(C(=O)NCc2cnc[nH]2)CN1. The van der Waals surface area contributed by atoms with Gasteiger partial charge in [-0.15, -0.1) is 0 Å². The number of aromatic amines is 1. The third-order valence-electron chi connectivity index (χ3n) is 2.36. The molecule has 15 heavy (non-hydrogen) atoms. The number of hydrogen-bond acceptors (Lipinski definition) is 3. The molecule has 0 saturated carbocycles. The predicted molar refractivity (Wildman–Crippen MR) is 51.6 cm³/mol. The van der Waals surface area contributed by atoms with Gasteiger partial charge in [-0.1, -0.05) is 0 Å². The maximum Gasteiger partial charge on any atom is 0.225 e. The van der Waals surface area contributed by atoms with Crippen LogP contribution < -0.4 is 10.6 Å². The second kappa shape index (κ2) is 4.12. The Kier molecular flexibility index (Phi) is 2.66. The highest BCUT2D eigenvalue weighted by atomic mass is 16.2. The Bertz CT molecular complexity index is 360. The van der Waals surface area contributed by atoms with Crippen LogP contribution in [0.2, 0.25) is 0 Å². The van der Waals surface area contributed by atoms with Crippen molar-refractivity contribution in [1.82, 2.24) is 20.6 Å². The summed E-state index contributed by atoms with van der Waals surface area (Å²) in [6, 6.07) is 0. The van der Waals surface area contributed by atoms with Gasteiger partial charge in [0, 0.05) is 19.2 Å². The van der Waals surface area contributed by atoms with Crippen LogP contribution in [0.25, 0.3) is 0 Å². The Morgan fingerprint density at radius 2 is 2.53 bits per heavy atom. The molecule has 1 fully saturated rings. The zero-order chi connectivity index (χ0) is 10.7. The quantitative estimate of drug-likeness (QED) is 0.605. The molecule has 2 rings (SSSR count). The van der Waals surface area contributed by atoms with Crippen LogP contribution in [0.4, 0.5) is 0 Å². The van der Waals surface area contributed by atoms with Crippen LogP contribution in [0.3, 0.4) is 0 Å². The van der Waals surface area contributed by atoms with Crippen LogP contribution in [-0.4, -0.2) is 28.3 Å². The number of carbonyl (C=O) groups excluding carboxylic acids is 2. The summed E-state index contributed by atoms with van der Waals surface area (Å²) in [6.45, 7) is 0.858. The molecule has 2 amide bonds. The molecular formula is C9H12N4O2. The lowest BCUT2D eigenvalue weighted by Crippen LogP contribution is -2.31. The van der Waals surface area contributed by atoms with E-state index in [0.717, 1.165) is 5.69 Å². The number of hydrogen-bond donors (Lipinski definition) is 3. The molecule has 1 unspecified atom stereocenters. The molecule has 1 atom stereocenters. The third kappa shape index (κ3) is 2.34. The number of H-pyrrole nitrogens is 1. The second-order valence-corrected chi connectivity index (χ2v) is 3.50. The van der Waals surface area contributed by atoms with E-state index in [2.05, 4.69) is 20.6 Å². The van der Waals surface area contributed by atoms with E-state index in [1.54, 1.807) is 12.5 Å². The summed E-state index contributed by atoms with van der Waals surface area (Å²) < 4.78 is 0. The van der Waals surface area contributed by atoms with Crippen LogP contribution in [-0.2, 0) is 16.1 Å². The molecule has 2 heterocycles. The summed E-state index contributed by atoms with van der Waals surface area (Å²) in [4.78, 5) is 29.2. The molecule has 0 aliphatic carbocycles. The molecule has 0 bridgehead atoms. The van der Waals surface area contributed by atoms with Gasteiger partial charge in [0.2, 0.25) is 11.8 Å². The Balaban J connectivity index is 1.80. The number of carbonyl (C=O) groups is 2. The molecular weight excluding hydrogens is 196 g/mol. The summed E-state index contributed by atoms with van der Waals surface area (Å²) in [7, 11) is 0. The van der Waals surface area contributed by atoms with Crippen LogP contribution in [0.15, 0.2) is 12.5 Å². The summed E-state index contributed by atoms with van der Waals surface area (Å²) in [5.74, 6) is -0.389. The maximum absolute atomic E-state index is 11.5. The van der Waals surface area contributed by atoms with Crippen LogP contribution in [0.5, 0.6) is 0 Å². The first kappa shape index (κ1) is 9.70. The maximum atomic E-state index is 11.5. The number of amides is 2. The summed E-state index contributed by atoms with van der Waals surface area (Å²) in [6.07, 6.45) is 3.50. The first-order valence-corrected chi connectivity index (χ1v) is 4.77. The number of nitrogens with one attached hydrogen (secondary N) is 3. The Hall–Kier alpha value is -1.85. The highest BCUT2D eigenvalue weighted by Gasteiger charge is 2.27. The normalized spacial score (nSPS) is 20.0. The number of aromatic nitrogens is 2. The Labute approximate surface area is 86.5 Å². The minimum Gasteiger partial charge on any atom is -0.355 e. The van der Waals surface area contributed by atoms with Gasteiger partial charge in [0.05, 0.1) is 24.5 Å². The van der Waals surface area contributed by atoms with Crippen LogP contribution in [0, 0.1) is 5.92 Å². The zero-order valence-corrected chi connectivity index (χ0v) is 8.12. The topological polar surface area (TPSA) is 86.9 Å². The molecule has 0 radical (unpaired) electrons. The summed E-state index contributed by atoms with van der Waals surface area (Å²) >= 11 is 0. The molecule has 6 heteroatoms. The Morgan fingerprint density at radius 1 is 1.67 bits per heavy atom. The van der Waals surface area contributed by atoms with Crippen molar-refractivity contribution in [2.24, 2.45) is 5.92 Å². The lowest BCUT2D eigenvalue weighted by Gasteiger charge is -2.07. The predicted octanol–water partition coefficient (Wildman–Crippen LogP) is -0.838. The fourth-order valence-electron chi connectivity index (χ4n) is 1.50. The zero-order valence-electron chi connectivity index (χ0n) is 8.12. The van der Waals surface area contributed by atoms with Crippen molar-refractivity contribution in [3.8, 4) is 0 Å². The molecule has 0 spiro atoms. The number of rotatable bonds is 3. The largest absolute Gasteiger partial charge is 0.355 e. The van der Waals surface area contributed by atoms with E-state index in [1.807, 2.05) is 0 Å². The minimum atomic E-state index is -0.236. The molecule has 6 nitrogen and oxygen atoms in total. The van der Waals surface area contributed by atoms with E-state index in [1.165, 1.54) is 0 Å². The van der Waals surface area contributed by atoms with Crippen molar-refractivity contribution >= 4 is 11.8 Å². The second-order valence-electron chi connectivity index (χ2n) is 3.50. The average molecular weight is 208 g/mol. The molecule has 80 valence electrons. The van der Waals surface area contributed by atoms with Gasteiger partial charge < -0.3 is 15.6 Å². The van der Waals surface area contributed by atoms with E-state index in [-0.39, 0.29) is 24.2 Å². The monoisotopic (exact) mass is 208 g/mol. The smallest absolute Gasteiger partial charge is 0.225 e. The van der Waals surface area contributed by atoms with E-state index in [9.17, 15) is 9.59 Å². The Morgan fingerprint density at radius 3 is 3.13 bits per heavy atom. The van der Waals surface area contributed by atoms with Gasteiger partial charge in [0.25, 0.3) is 0 Å². The van der Waals surface area contributed by atoms with Gasteiger partial charge in [-0.25, -0.2) is 4.98 Å². The van der Waals surface area contributed by atoms with Crippen molar-refractivity contribution < 1.29 is 9.59 Å². The van der Waals surface area contributed by atoms with Gasteiger partial charge in [-0.05, 0) is 0 Å². The molecule has 1 aliphatic heterocycles. The number of imidazole rings is 1. The molecule has 1 aliphatic rings. The summed E-state index contributed by atoms with van der Waals surface area (Å²) in [5, 5.41) is 5.37. The fourth-order valence-corrected chi connectivity index (χ4v) is 1.50. The van der Waals surface area contributed by atoms with E-state index < -0.39 is 0 Å². The van der Waals surface area contributed by atoms with Crippen molar-refractivity contribution in [3.63, 3.8) is 0 Å². The van der Waals surface area contributed by atoms with Crippen molar-refractivity contribution in [1.29, 1.82) is 0 Å². The average Bonchev–Trinajstić information content (AvgIpc) is 2.84. The fraction of sp³-hybridized carbons (Fsp3) is 0.444. The van der Waals surface area contributed by atoms with Crippen LogP contribution >= 0.6 is 0 Å². The molecule has 1 aromatic rings. The number of nitrogens with zero attached hydrogens (tertiary/aromatic N) is 1. The van der Waals surface area contributed by atoms with Crippen molar-refractivity contribution in [3.05, 3.63) is 18.2 Å². The molecule has 1 aromatic heterocycles. The minimum absolute atomic E-state index is 0.0586. The van der Waals surface area contributed by atoms with Gasteiger partial charge in [-0.2, -0.15) is 0 Å². The molecule has 3 N–H and O–H groups in total.